The van der Waals surface area contributed by atoms with E-state index in [1.807, 2.05) is 11.8 Å². The van der Waals surface area contributed by atoms with E-state index in [1.54, 1.807) is 0 Å². The molecule has 13 heavy (non-hydrogen) atoms. The molecule has 71 valence electrons. The van der Waals surface area contributed by atoms with Crippen molar-refractivity contribution >= 4 is 11.8 Å². The molecule has 1 rings (SSSR count). The molecule has 0 aromatic heterocycles. The van der Waals surface area contributed by atoms with Gasteiger partial charge in [-0.05, 0) is 29.9 Å². The maximum Gasteiger partial charge on any atom is -0.00270 e. The van der Waals surface area contributed by atoms with Crippen molar-refractivity contribution in [3.05, 3.63) is 42.8 Å². The molecule has 1 aromatic rings. The largest absolute Gasteiger partial charge is 0.162 e. The van der Waals surface area contributed by atoms with Gasteiger partial charge in [0, 0.05) is 0 Å². The minimum Gasteiger partial charge on any atom is -0.162 e. The molecule has 0 fully saturated rings. The van der Waals surface area contributed by atoms with Gasteiger partial charge in [0.05, 0.1) is 0 Å². The zero-order valence-electron chi connectivity index (χ0n) is 8.04. The normalized spacial score (nSPS) is 10.2. The molecule has 0 amide bonds. The van der Waals surface area contributed by atoms with Gasteiger partial charge in [-0.1, -0.05) is 43.7 Å². The molecule has 0 spiro atoms. The Hall–Kier alpha value is -0.430. The lowest BCUT2D eigenvalue weighted by molar-refractivity contribution is 0.967. The summed E-state index contributed by atoms with van der Waals surface area (Å²) in [6, 6.07) is 10.7. The first-order valence-corrected chi connectivity index (χ1v) is 6.00. The molecule has 0 heterocycles. The first kappa shape index (κ1) is 10.6. The Kier molecular flexibility index (Phi) is 5.75. The maximum absolute atomic E-state index is 3.83. The van der Waals surface area contributed by atoms with Gasteiger partial charge in [0.15, 0.2) is 0 Å². The van der Waals surface area contributed by atoms with Crippen LogP contribution in [0, 0.1) is 6.92 Å². The van der Waals surface area contributed by atoms with Gasteiger partial charge in [0.1, 0.15) is 0 Å². The van der Waals surface area contributed by atoms with Crippen molar-refractivity contribution in [1.82, 2.24) is 0 Å². The van der Waals surface area contributed by atoms with E-state index >= 15 is 0 Å². The fourth-order valence-corrected chi connectivity index (χ4v) is 2.13. The highest BCUT2D eigenvalue weighted by atomic mass is 32.2. The van der Waals surface area contributed by atoms with Crippen LogP contribution in [0.15, 0.2) is 30.3 Å². The van der Waals surface area contributed by atoms with E-state index in [4.69, 9.17) is 0 Å². The molecular weight excluding hydrogens is 176 g/mol. The SMILES string of the molecule is [CH2]CCCSCCc1ccccc1. The lowest BCUT2D eigenvalue weighted by atomic mass is 10.2. The summed E-state index contributed by atoms with van der Waals surface area (Å²) in [7, 11) is 0. The summed E-state index contributed by atoms with van der Waals surface area (Å²) < 4.78 is 0. The zero-order valence-corrected chi connectivity index (χ0v) is 8.85. The van der Waals surface area contributed by atoms with Gasteiger partial charge in [-0.3, -0.25) is 0 Å². The van der Waals surface area contributed by atoms with E-state index in [0.717, 1.165) is 6.42 Å². The zero-order chi connectivity index (χ0) is 9.36. The van der Waals surface area contributed by atoms with Crippen LogP contribution in [0.4, 0.5) is 0 Å². The molecule has 0 aliphatic carbocycles. The van der Waals surface area contributed by atoms with Crippen molar-refractivity contribution in [3.8, 4) is 0 Å². The van der Waals surface area contributed by atoms with Gasteiger partial charge in [-0.25, -0.2) is 0 Å². The van der Waals surface area contributed by atoms with E-state index in [-0.39, 0.29) is 0 Å². The number of unbranched alkanes of at least 4 members (excludes halogenated alkanes) is 1. The van der Waals surface area contributed by atoms with Crippen molar-refractivity contribution in [3.63, 3.8) is 0 Å². The lowest BCUT2D eigenvalue weighted by Crippen LogP contribution is -1.89. The van der Waals surface area contributed by atoms with Crippen molar-refractivity contribution in [1.29, 1.82) is 0 Å². The van der Waals surface area contributed by atoms with Gasteiger partial charge < -0.3 is 0 Å². The second kappa shape index (κ2) is 7.02. The molecule has 0 aliphatic rings. The summed E-state index contributed by atoms with van der Waals surface area (Å²) in [6.45, 7) is 3.83. The average Bonchev–Trinajstić information content (AvgIpc) is 2.19. The number of hydrogen-bond acceptors (Lipinski definition) is 1. The molecule has 0 bridgehead atoms. The molecule has 1 aromatic carbocycles. The Bertz CT molecular complexity index is 206. The number of thioether (sulfide) groups is 1. The maximum atomic E-state index is 3.83. The predicted molar refractivity (Wildman–Crippen MR) is 62.1 cm³/mol. The molecule has 0 nitrogen and oxygen atoms in total. The van der Waals surface area contributed by atoms with Gasteiger partial charge in [0.25, 0.3) is 0 Å². The van der Waals surface area contributed by atoms with E-state index in [9.17, 15) is 0 Å². The Labute approximate surface area is 85.7 Å². The smallest absolute Gasteiger partial charge is 0.00270 e. The second-order valence-electron chi connectivity index (χ2n) is 3.06. The van der Waals surface area contributed by atoms with Crippen LogP contribution >= 0.6 is 11.8 Å². The van der Waals surface area contributed by atoms with Crippen LogP contribution in [-0.4, -0.2) is 11.5 Å². The predicted octanol–water partition coefficient (Wildman–Crippen LogP) is 3.58. The van der Waals surface area contributed by atoms with Crippen LogP contribution in [0.25, 0.3) is 0 Å². The number of benzene rings is 1. The fraction of sp³-hybridized carbons (Fsp3) is 0.417. The minimum absolute atomic E-state index is 1.07. The summed E-state index contributed by atoms with van der Waals surface area (Å²) in [4.78, 5) is 0. The highest BCUT2D eigenvalue weighted by Crippen LogP contribution is 2.08. The first-order valence-electron chi connectivity index (χ1n) is 4.84. The van der Waals surface area contributed by atoms with Crippen molar-refractivity contribution in [2.45, 2.75) is 19.3 Å². The Balaban J connectivity index is 2.07. The van der Waals surface area contributed by atoms with E-state index in [2.05, 4.69) is 37.3 Å². The molecule has 0 unspecified atom stereocenters. The number of aryl methyl sites for hydroxylation is 1. The summed E-state index contributed by atoms with van der Waals surface area (Å²) in [6.07, 6.45) is 3.51. The van der Waals surface area contributed by atoms with Crippen LogP contribution in [0.1, 0.15) is 18.4 Å². The summed E-state index contributed by atoms with van der Waals surface area (Å²) in [5.74, 6) is 2.50. The first-order chi connectivity index (χ1) is 6.43. The Morgan fingerprint density at radius 1 is 1.08 bits per heavy atom. The van der Waals surface area contributed by atoms with Crippen molar-refractivity contribution in [2.75, 3.05) is 11.5 Å². The third-order valence-corrected chi connectivity index (χ3v) is 2.99. The molecule has 1 radical (unpaired) electrons. The monoisotopic (exact) mass is 193 g/mol. The van der Waals surface area contributed by atoms with Crippen LogP contribution in [0.3, 0.4) is 0 Å². The van der Waals surface area contributed by atoms with E-state index in [1.165, 1.54) is 29.9 Å². The highest BCUT2D eigenvalue weighted by Gasteiger charge is 1.91. The lowest BCUT2D eigenvalue weighted by Gasteiger charge is -2.00. The Morgan fingerprint density at radius 2 is 1.85 bits per heavy atom. The number of rotatable bonds is 6. The van der Waals surface area contributed by atoms with Crippen LogP contribution in [0.2, 0.25) is 0 Å². The number of hydrogen-bond donors (Lipinski definition) is 0. The molecule has 0 atom stereocenters. The molecule has 0 saturated carbocycles. The second-order valence-corrected chi connectivity index (χ2v) is 4.28. The molecule has 0 N–H and O–H groups in total. The Morgan fingerprint density at radius 3 is 2.54 bits per heavy atom. The minimum atomic E-state index is 1.07. The van der Waals surface area contributed by atoms with Gasteiger partial charge in [0.2, 0.25) is 0 Å². The fourth-order valence-electron chi connectivity index (χ4n) is 1.14. The molecule has 1 heteroatoms. The third kappa shape index (κ3) is 4.99. The van der Waals surface area contributed by atoms with E-state index < -0.39 is 0 Å². The average molecular weight is 193 g/mol. The molecule has 0 aliphatic heterocycles. The third-order valence-electron chi connectivity index (χ3n) is 1.92. The van der Waals surface area contributed by atoms with Gasteiger partial charge >= 0.3 is 0 Å². The summed E-state index contributed by atoms with van der Waals surface area (Å²) in [5, 5.41) is 0. The van der Waals surface area contributed by atoms with Crippen LogP contribution in [-0.2, 0) is 6.42 Å². The summed E-state index contributed by atoms with van der Waals surface area (Å²) in [5.41, 5.74) is 1.45. The quantitative estimate of drug-likeness (QED) is 0.622. The summed E-state index contributed by atoms with van der Waals surface area (Å²) >= 11 is 2.03. The topological polar surface area (TPSA) is 0 Å². The van der Waals surface area contributed by atoms with Gasteiger partial charge in [-0.2, -0.15) is 11.8 Å². The van der Waals surface area contributed by atoms with E-state index in [0.29, 0.717) is 0 Å². The van der Waals surface area contributed by atoms with Gasteiger partial charge in [-0.15, -0.1) is 0 Å². The van der Waals surface area contributed by atoms with Crippen molar-refractivity contribution < 1.29 is 0 Å². The van der Waals surface area contributed by atoms with Crippen molar-refractivity contribution in [2.24, 2.45) is 0 Å². The molecular formula is C12H17S. The molecule has 0 saturated heterocycles. The standard InChI is InChI=1S/C12H17S/c1-2-3-10-13-11-9-12-7-5-4-6-8-12/h4-8H,1-3,9-11H2. The highest BCUT2D eigenvalue weighted by molar-refractivity contribution is 7.99. The van der Waals surface area contributed by atoms with Crippen LogP contribution < -0.4 is 0 Å². The van der Waals surface area contributed by atoms with Crippen LogP contribution in [0.5, 0.6) is 0 Å².